The predicted octanol–water partition coefficient (Wildman–Crippen LogP) is 1.73. The standard InChI is InChI=1S/C13H14FNO2/c14-10-3-1-2-4-11(10)17-6-5-15-12(16)13-7-9(13)8-13/h1-4,9H,5-8H2,(H,15,16). The Morgan fingerprint density at radius 3 is 2.82 bits per heavy atom. The maximum absolute atomic E-state index is 13.2. The van der Waals surface area contributed by atoms with Gasteiger partial charge >= 0.3 is 0 Å². The van der Waals surface area contributed by atoms with Gasteiger partial charge in [-0.2, -0.15) is 0 Å². The molecular formula is C13H14FNO2. The highest BCUT2D eigenvalue weighted by atomic mass is 19.1. The molecule has 4 heteroatoms. The van der Waals surface area contributed by atoms with Gasteiger partial charge in [0.2, 0.25) is 5.91 Å². The summed E-state index contributed by atoms with van der Waals surface area (Å²) in [5, 5.41) is 2.83. The molecule has 0 radical (unpaired) electrons. The third kappa shape index (κ3) is 1.88. The Morgan fingerprint density at radius 2 is 2.18 bits per heavy atom. The van der Waals surface area contributed by atoms with Gasteiger partial charge in [0.15, 0.2) is 11.6 Å². The van der Waals surface area contributed by atoms with E-state index in [9.17, 15) is 9.18 Å². The second kappa shape index (κ2) is 3.72. The third-order valence-corrected chi connectivity index (χ3v) is 3.62. The number of rotatable bonds is 5. The Labute approximate surface area is 99.0 Å². The number of carbonyl (C=O) groups excluding carboxylic acids is 1. The highest BCUT2D eigenvalue weighted by molar-refractivity contribution is 5.89. The van der Waals surface area contributed by atoms with Crippen LogP contribution in [0.3, 0.4) is 0 Å². The normalized spacial score (nSPS) is 28.2. The third-order valence-electron chi connectivity index (χ3n) is 3.62. The second-order valence-corrected chi connectivity index (χ2v) is 4.80. The van der Waals surface area contributed by atoms with Crippen molar-refractivity contribution in [1.29, 1.82) is 0 Å². The van der Waals surface area contributed by atoms with Gasteiger partial charge in [-0.1, -0.05) is 12.1 Å². The van der Waals surface area contributed by atoms with E-state index in [0.717, 1.165) is 12.8 Å². The molecule has 0 saturated heterocycles. The summed E-state index contributed by atoms with van der Waals surface area (Å²) >= 11 is 0. The average molecular weight is 235 g/mol. The van der Waals surface area contributed by atoms with Gasteiger partial charge in [-0.05, 0) is 30.9 Å². The van der Waals surface area contributed by atoms with Crippen LogP contribution in [-0.2, 0) is 4.79 Å². The summed E-state index contributed by atoms with van der Waals surface area (Å²) in [4.78, 5) is 11.6. The molecule has 0 heterocycles. The molecule has 1 N–H and O–H groups in total. The lowest BCUT2D eigenvalue weighted by atomic mass is 10.2. The molecule has 2 saturated carbocycles. The van der Waals surface area contributed by atoms with Crippen molar-refractivity contribution in [2.24, 2.45) is 11.3 Å². The van der Waals surface area contributed by atoms with Gasteiger partial charge in [-0.3, -0.25) is 4.79 Å². The first-order valence-corrected chi connectivity index (χ1v) is 5.88. The Balaban J connectivity index is 1.40. The summed E-state index contributed by atoms with van der Waals surface area (Å²) in [7, 11) is 0. The fraction of sp³-hybridized carbons (Fsp3) is 0.462. The van der Waals surface area contributed by atoms with Crippen LogP contribution >= 0.6 is 0 Å². The Kier molecular flexibility index (Phi) is 2.31. The van der Waals surface area contributed by atoms with E-state index in [1.165, 1.54) is 6.07 Å². The van der Waals surface area contributed by atoms with Gasteiger partial charge in [-0.15, -0.1) is 0 Å². The highest BCUT2D eigenvalue weighted by Gasteiger charge is 2.74. The first kappa shape index (κ1) is 10.6. The number of fused-ring (bicyclic) bond motifs is 1. The Bertz CT molecular complexity index is 454. The van der Waals surface area contributed by atoms with Crippen molar-refractivity contribution in [2.45, 2.75) is 12.8 Å². The van der Waals surface area contributed by atoms with Gasteiger partial charge < -0.3 is 10.1 Å². The summed E-state index contributed by atoms with van der Waals surface area (Å²) in [6, 6.07) is 6.26. The van der Waals surface area contributed by atoms with E-state index >= 15 is 0 Å². The molecule has 2 fully saturated rings. The fourth-order valence-corrected chi connectivity index (χ4v) is 2.14. The van der Waals surface area contributed by atoms with Crippen molar-refractivity contribution >= 4 is 5.91 Å². The lowest BCUT2D eigenvalue weighted by Crippen LogP contribution is -2.31. The molecule has 17 heavy (non-hydrogen) atoms. The van der Waals surface area contributed by atoms with Crippen LogP contribution in [-0.4, -0.2) is 19.1 Å². The van der Waals surface area contributed by atoms with Crippen LogP contribution in [0.1, 0.15) is 12.8 Å². The zero-order valence-corrected chi connectivity index (χ0v) is 9.41. The maximum atomic E-state index is 13.2. The van der Waals surface area contributed by atoms with Crippen molar-refractivity contribution in [2.75, 3.05) is 13.2 Å². The minimum atomic E-state index is -0.373. The van der Waals surface area contributed by atoms with E-state index in [2.05, 4.69) is 5.32 Å². The molecule has 2 aliphatic rings. The van der Waals surface area contributed by atoms with Crippen LogP contribution in [0, 0.1) is 17.2 Å². The van der Waals surface area contributed by atoms with Crippen molar-refractivity contribution in [1.82, 2.24) is 5.32 Å². The second-order valence-electron chi connectivity index (χ2n) is 4.80. The maximum Gasteiger partial charge on any atom is 0.226 e. The smallest absolute Gasteiger partial charge is 0.226 e. The van der Waals surface area contributed by atoms with Crippen LogP contribution in [0.5, 0.6) is 5.75 Å². The molecule has 1 amide bonds. The van der Waals surface area contributed by atoms with Crippen LogP contribution < -0.4 is 10.1 Å². The predicted molar refractivity (Wildman–Crippen MR) is 60.1 cm³/mol. The highest BCUT2D eigenvalue weighted by Crippen LogP contribution is 2.75. The molecule has 0 aromatic heterocycles. The SMILES string of the molecule is O=C(NCCOc1ccccc1F)C12CC1C2. The molecule has 0 bridgehead atoms. The van der Waals surface area contributed by atoms with Crippen molar-refractivity contribution in [3.05, 3.63) is 30.1 Å². The molecule has 0 atom stereocenters. The topological polar surface area (TPSA) is 38.3 Å². The number of amides is 1. The quantitative estimate of drug-likeness (QED) is 0.789. The monoisotopic (exact) mass is 235 g/mol. The molecule has 90 valence electrons. The number of para-hydroxylation sites is 1. The fourth-order valence-electron chi connectivity index (χ4n) is 2.14. The zero-order chi connectivity index (χ0) is 11.9. The van der Waals surface area contributed by atoms with E-state index in [-0.39, 0.29) is 22.9 Å². The van der Waals surface area contributed by atoms with Crippen molar-refractivity contribution in [3.8, 4) is 5.75 Å². The summed E-state index contributed by atoms with van der Waals surface area (Å²) < 4.78 is 18.4. The summed E-state index contributed by atoms with van der Waals surface area (Å²) in [6.07, 6.45) is 2.10. The number of carbonyl (C=O) groups is 1. The molecule has 2 aliphatic carbocycles. The van der Waals surface area contributed by atoms with Gasteiger partial charge in [-0.25, -0.2) is 4.39 Å². The zero-order valence-electron chi connectivity index (χ0n) is 9.41. The number of hydrogen-bond donors (Lipinski definition) is 1. The van der Waals surface area contributed by atoms with Crippen molar-refractivity contribution in [3.63, 3.8) is 0 Å². The van der Waals surface area contributed by atoms with Gasteiger partial charge in [0.25, 0.3) is 0 Å². The number of nitrogens with one attached hydrogen (secondary N) is 1. The first-order chi connectivity index (χ1) is 8.22. The van der Waals surface area contributed by atoms with Crippen molar-refractivity contribution < 1.29 is 13.9 Å². The van der Waals surface area contributed by atoms with Gasteiger partial charge in [0.1, 0.15) is 6.61 Å². The lowest BCUT2D eigenvalue weighted by molar-refractivity contribution is -0.124. The Morgan fingerprint density at radius 1 is 1.47 bits per heavy atom. The molecule has 0 unspecified atom stereocenters. The molecule has 0 aliphatic heterocycles. The van der Waals surface area contributed by atoms with Crippen LogP contribution in [0.4, 0.5) is 4.39 Å². The number of halogens is 1. The molecule has 0 spiro atoms. The van der Waals surface area contributed by atoms with E-state index in [4.69, 9.17) is 4.74 Å². The molecule has 1 aromatic rings. The van der Waals surface area contributed by atoms with E-state index in [1.807, 2.05) is 0 Å². The van der Waals surface area contributed by atoms with Crippen LogP contribution in [0.25, 0.3) is 0 Å². The number of ether oxygens (including phenoxy) is 1. The Hall–Kier alpha value is -1.58. The molecule has 3 nitrogen and oxygen atoms in total. The number of hydrogen-bond acceptors (Lipinski definition) is 2. The largest absolute Gasteiger partial charge is 0.489 e. The number of benzene rings is 1. The molecule has 3 rings (SSSR count). The summed E-state index contributed by atoms with van der Waals surface area (Å²) in [5.74, 6) is 0.645. The molecular weight excluding hydrogens is 221 g/mol. The average Bonchev–Trinajstić information content (AvgIpc) is 3.14. The minimum Gasteiger partial charge on any atom is -0.489 e. The lowest BCUT2D eigenvalue weighted by Gasteiger charge is -2.09. The van der Waals surface area contributed by atoms with Gasteiger partial charge in [0, 0.05) is 0 Å². The minimum absolute atomic E-state index is 0.00199. The van der Waals surface area contributed by atoms with Crippen LogP contribution in [0.15, 0.2) is 24.3 Å². The first-order valence-electron chi connectivity index (χ1n) is 5.88. The van der Waals surface area contributed by atoms with Gasteiger partial charge in [0.05, 0.1) is 12.0 Å². The summed E-state index contributed by atoms with van der Waals surface area (Å²) in [5.41, 5.74) is -0.00199. The van der Waals surface area contributed by atoms with E-state index in [0.29, 0.717) is 19.1 Å². The van der Waals surface area contributed by atoms with E-state index in [1.54, 1.807) is 18.2 Å². The molecule has 1 aromatic carbocycles. The summed E-state index contributed by atoms with van der Waals surface area (Å²) in [6.45, 7) is 0.731. The van der Waals surface area contributed by atoms with E-state index < -0.39 is 0 Å². The van der Waals surface area contributed by atoms with Crippen LogP contribution in [0.2, 0.25) is 0 Å².